The summed E-state index contributed by atoms with van der Waals surface area (Å²) in [5.74, 6) is 12.8. The Balaban J connectivity index is 1.24. The van der Waals surface area contributed by atoms with Gasteiger partial charge >= 0.3 is 0 Å². The number of hydrogen-bond donors (Lipinski definition) is 2. The zero-order valence-electron chi connectivity index (χ0n) is 18.9. The maximum Gasteiger partial charge on any atom is 0.129 e. The molecule has 1 aromatic rings. The Morgan fingerprint density at radius 2 is 2.03 bits per heavy atom. The lowest BCUT2D eigenvalue weighted by atomic mass is 10.0. The van der Waals surface area contributed by atoms with Crippen LogP contribution in [0.3, 0.4) is 0 Å². The molecule has 0 radical (unpaired) electrons. The molecule has 172 valence electrons. The van der Waals surface area contributed by atoms with E-state index in [9.17, 15) is 0 Å². The Morgan fingerprint density at radius 3 is 2.66 bits per heavy atom. The molecule has 9 heteroatoms. The number of hydrazine groups is 1. The third-order valence-electron chi connectivity index (χ3n) is 6.75. The number of nitrogens with two attached hydrogens (primary N) is 2. The molecule has 3 aliphatic rings. The van der Waals surface area contributed by atoms with Crippen LogP contribution in [0.4, 0.5) is 5.69 Å². The fourth-order valence-corrected chi connectivity index (χ4v) is 4.70. The van der Waals surface area contributed by atoms with Gasteiger partial charge in [-0.3, -0.25) is 9.99 Å². The van der Waals surface area contributed by atoms with Crippen LogP contribution in [0, 0.1) is 0 Å². The van der Waals surface area contributed by atoms with Gasteiger partial charge in [0.15, 0.2) is 0 Å². The number of pyridine rings is 1. The average Bonchev–Trinajstić information content (AvgIpc) is 3.34. The van der Waals surface area contributed by atoms with E-state index in [1.165, 1.54) is 17.0 Å². The van der Waals surface area contributed by atoms with E-state index in [1.807, 2.05) is 12.1 Å². The molecule has 0 saturated carbocycles. The Hall–Kier alpha value is -3.04. The lowest BCUT2D eigenvalue weighted by Gasteiger charge is -2.38. The minimum atomic E-state index is 0.548. The number of anilines is 1. The van der Waals surface area contributed by atoms with Gasteiger partial charge in [0.05, 0.1) is 17.6 Å². The van der Waals surface area contributed by atoms with E-state index >= 15 is 0 Å². The first-order valence-electron chi connectivity index (χ1n) is 11.2. The molecule has 1 aromatic heterocycles. The summed E-state index contributed by atoms with van der Waals surface area (Å²) in [5.41, 5.74) is 4.17. The maximum atomic E-state index is 5.81. The summed E-state index contributed by atoms with van der Waals surface area (Å²) >= 11 is 0. The van der Waals surface area contributed by atoms with E-state index in [2.05, 4.69) is 44.9 Å². The fourth-order valence-electron chi connectivity index (χ4n) is 4.70. The minimum Gasteiger partial charge on any atom is -0.488 e. The van der Waals surface area contributed by atoms with Gasteiger partial charge in [0, 0.05) is 56.5 Å². The molecule has 4 rings (SSSR count). The Kier molecular flexibility index (Phi) is 6.66. The highest BCUT2D eigenvalue weighted by atomic mass is 16.5. The van der Waals surface area contributed by atoms with Crippen LogP contribution in [-0.2, 0) is 11.2 Å². The molecule has 9 nitrogen and oxygen atoms in total. The van der Waals surface area contributed by atoms with Crippen LogP contribution in [0.25, 0.3) is 0 Å². The quantitative estimate of drug-likeness (QED) is 0.287. The average molecular weight is 439 g/mol. The first-order chi connectivity index (χ1) is 15.5. The summed E-state index contributed by atoms with van der Waals surface area (Å²) in [6.45, 7) is 16.3. The molecule has 32 heavy (non-hydrogen) atoms. The van der Waals surface area contributed by atoms with Gasteiger partial charge in [0.2, 0.25) is 0 Å². The molecular formula is C23H34N8O. The number of piperidine rings is 1. The summed E-state index contributed by atoms with van der Waals surface area (Å²) < 4.78 is 5.62. The van der Waals surface area contributed by atoms with Crippen molar-refractivity contribution in [3.63, 3.8) is 0 Å². The van der Waals surface area contributed by atoms with Crippen molar-refractivity contribution in [3.05, 3.63) is 60.0 Å². The molecular weight excluding hydrogens is 404 g/mol. The van der Waals surface area contributed by atoms with Gasteiger partial charge in [-0.15, -0.1) is 0 Å². The molecule has 0 unspecified atom stereocenters. The van der Waals surface area contributed by atoms with Gasteiger partial charge in [-0.2, -0.15) is 5.10 Å². The van der Waals surface area contributed by atoms with Crippen LogP contribution in [0.2, 0.25) is 0 Å². The number of hydrogen-bond acceptors (Lipinski definition) is 8. The van der Waals surface area contributed by atoms with Gasteiger partial charge in [-0.1, -0.05) is 13.2 Å². The first-order valence-corrected chi connectivity index (χ1v) is 11.2. The van der Waals surface area contributed by atoms with E-state index in [0.717, 1.165) is 80.5 Å². The SMILES string of the molecule is C=C1OCC(N2CCN(C3CCN(CCc4ccc(N(N)/C=N\N)cn4)CC3)C2=C)=C1C. The number of allylic oxidation sites excluding steroid dienone is 1. The number of rotatable bonds is 7. The zero-order valence-corrected chi connectivity index (χ0v) is 18.9. The highest BCUT2D eigenvalue weighted by Gasteiger charge is 2.34. The number of ether oxygens (including phenoxy) is 1. The minimum absolute atomic E-state index is 0.548. The summed E-state index contributed by atoms with van der Waals surface area (Å²) in [6, 6.07) is 4.49. The van der Waals surface area contributed by atoms with Crippen molar-refractivity contribution in [2.45, 2.75) is 32.2 Å². The highest BCUT2D eigenvalue weighted by Crippen LogP contribution is 2.33. The molecule has 3 aliphatic heterocycles. The Labute approximate surface area is 190 Å². The second-order valence-electron chi connectivity index (χ2n) is 8.55. The molecule has 0 bridgehead atoms. The standard InChI is InChI=1S/C23H34N8O/c1-17-18(2)32-15-23(17)30-13-12-29(19(30)3)21-7-10-28(11-8-21)9-6-20-4-5-22(14-26-20)31(25)16-27-24/h4-5,14,16,21H,2-3,6-13,15,24-25H2,1H3/b27-16-. The summed E-state index contributed by atoms with van der Waals surface area (Å²) in [7, 11) is 0. The van der Waals surface area contributed by atoms with E-state index in [4.69, 9.17) is 16.4 Å². The number of nitrogens with zero attached hydrogens (tertiary/aromatic N) is 6. The van der Waals surface area contributed by atoms with Gasteiger partial charge in [-0.05, 0) is 31.9 Å². The van der Waals surface area contributed by atoms with Crippen LogP contribution < -0.4 is 16.7 Å². The van der Waals surface area contributed by atoms with Crippen molar-refractivity contribution in [1.29, 1.82) is 0 Å². The normalized spacial score (nSPS) is 20.7. The molecule has 4 heterocycles. The molecule has 4 N–H and O–H groups in total. The van der Waals surface area contributed by atoms with Crippen LogP contribution in [0.1, 0.15) is 25.5 Å². The lowest BCUT2D eigenvalue weighted by Crippen LogP contribution is -2.44. The monoisotopic (exact) mass is 438 g/mol. The largest absolute Gasteiger partial charge is 0.488 e. The Bertz CT molecular complexity index is 901. The third-order valence-corrected chi connectivity index (χ3v) is 6.75. The predicted octanol–water partition coefficient (Wildman–Crippen LogP) is 1.58. The van der Waals surface area contributed by atoms with Crippen molar-refractivity contribution < 1.29 is 4.74 Å². The van der Waals surface area contributed by atoms with Gasteiger partial charge in [0.1, 0.15) is 24.5 Å². The third kappa shape index (κ3) is 4.58. The molecule has 0 aromatic carbocycles. The van der Waals surface area contributed by atoms with Crippen LogP contribution >= 0.6 is 0 Å². The fraction of sp³-hybridized carbons (Fsp3) is 0.478. The zero-order chi connectivity index (χ0) is 22.7. The van der Waals surface area contributed by atoms with E-state index < -0.39 is 0 Å². The second-order valence-corrected chi connectivity index (χ2v) is 8.55. The number of likely N-dealkylation sites (tertiary alicyclic amines) is 1. The van der Waals surface area contributed by atoms with Gasteiger partial charge in [-0.25, -0.2) is 5.84 Å². The van der Waals surface area contributed by atoms with E-state index in [-0.39, 0.29) is 0 Å². The van der Waals surface area contributed by atoms with Crippen molar-refractivity contribution in [1.82, 2.24) is 19.7 Å². The van der Waals surface area contributed by atoms with Crippen LogP contribution in [0.15, 0.2) is 59.4 Å². The summed E-state index contributed by atoms with van der Waals surface area (Å²) in [4.78, 5) is 11.8. The summed E-state index contributed by atoms with van der Waals surface area (Å²) in [6.07, 6.45) is 6.32. The van der Waals surface area contributed by atoms with Gasteiger partial charge < -0.3 is 25.3 Å². The van der Waals surface area contributed by atoms with Gasteiger partial charge in [0.25, 0.3) is 0 Å². The van der Waals surface area contributed by atoms with E-state index in [0.29, 0.717) is 12.6 Å². The number of hydrazone groups is 1. The highest BCUT2D eigenvalue weighted by molar-refractivity contribution is 5.76. The van der Waals surface area contributed by atoms with Crippen molar-refractivity contribution >= 4 is 12.0 Å². The van der Waals surface area contributed by atoms with Crippen LogP contribution in [0.5, 0.6) is 0 Å². The van der Waals surface area contributed by atoms with Crippen molar-refractivity contribution in [2.24, 2.45) is 16.8 Å². The molecule has 0 amide bonds. The molecule has 0 atom stereocenters. The topological polar surface area (TPSA) is 99.5 Å². The maximum absolute atomic E-state index is 5.81. The molecule has 0 spiro atoms. The number of aromatic nitrogens is 1. The van der Waals surface area contributed by atoms with Crippen molar-refractivity contribution in [2.75, 3.05) is 44.3 Å². The molecule has 2 saturated heterocycles. The molecule has 2 fully saturated rings. The molecule has 0 aliphatic carbocycles. The smallest absolute Gasteiger partial charge is 0.129 e. The second kappa shape index (κ2) is 9.62. The van der Waals surface area contributed by atoms with E-state index in [1.54, 1.807) is 6.20 Å². The summed E-state index contributed by atoms with van der Waals surface area (Å²) in [5, 5.41) is 4.77. The van der Waals surface area contributed by atoms with Crippen molar-refractivity contribution in [3.8, 4) is 0 Å². The first kappa shape index (κ1) is 22.2. The Morgan fingerprint density at radius 1 is 1.25 bits per heavy atom. The van der Waals surface area contributed by atoms with Crippen LogP contribution in [-0.4, -0.2) is 71.4 Å². The lowest BCUT2D eigenvalue weighted by molar-refractivity contribution is 0.141. The predicted molar refractivity (Wildman–Crippen MR) is 127 cm³/mol.